The minimum absolute atomic E-state index is 0.122. The molecule has 36 heavy (non-hydrogen) atoms. The van der Waals surface area contributed by atoms with Crippen molar-refractivity contribution in [3.63, 3.8) is 0 Å². The molecule has 2 aliphatic heterocycles. The van der Waals surface area contributed by atoms with Crippen molar-refractivity contribution in [1.29, 1.82) is 0 Å². The van der Waals surface area contributed by atoms with Gasteiger partial charge < -0.3 is 59.8 Å². The summed E-state index contributed by atoms with van der Waals surface area (Å²) in [6, 6.07) is 0. The summed E-state index contributed by atoms with van der Waals surface area (Å²) in [5.41, 5.74) is 0. The molecule has 11 atom stereocenters. The van der Waals surface area contributed by atoms with Crippen molar-refractivity contribution in [3.05, 3.63) is 0 Å². The van der Waals surface area contributed by atoms with Gasteiger partial charge in [-0.2, -0.15) is 0 Å². The molecular formula is C24H46O12. The molecule has 0 aromatic rings. The maximum atomic E-state index is 10.6. The Bertz CT molecular complexity index is 579. The van der Waals surface area contributed by atoms with E-state index in [0.717, 1.165) is 19.3 Å². The fraction of sp³-hybridized carbons (Fsp3) is 1.00. The Labute approximate surface area is 212 Å². The minimum Gasteiger partial charge on any atom is -0.394 e. The van der Waals surface area contributed by atoms with Crippen LogP contribution in [0.3, 0.4) is 0 Å². The van der Waals surface area contributed by atoms with Gasteiger partial charge in [-0.3, -0.25) is 0 Å². The molecule has 2 heterocycles. The van der Waals surface area contributed by atoms with Gasteiger partial charge in [-0.15, -0.1) is 0 Å². The highest BCUT2D eigenvalue weighted by Crippen LogP contribution is 2.29. The molecule has 12 nitrogen and oxygen atoms in total. The first kappa shape index (κ1) is 31.7. The van der Waals surface area contributed by atoms with Crippen LogP contribution in [0.15, 0.2) is 0 Å². The SMILES string of the molecule is CCCCCCCCCCC(O)CO[C@H]1[C@H](O)[C@@H](O)[C@@H](O[C@H]2O[C@H](CO)[C@@H](O)[C@H](O)[C@H]2O)O[C@@H]1CO. The quantitative estimate of drug-likeness (QED) is 0.109. The molecule has 1 unspecified atom stereocenters. The van der Waals surface area contributed by atoms with E-state index >= 15 is 0 Å². The standard InChI is InChI=1S/C24H46O12/c1-2-3-4-5-6-7-8-9-10-14(27)13-33-22-16(12-26)35-24(21(32)19(22)30)36-23-20(31)18(29)17(28)15(11-25)34-23/h14-32H,2-13H2,1H3/t14?,15-,16-,17-,18+,19-,20-,21-,22-,23-,24-/m1/s1. The lowest BCUT2D eigenvalue weighted by Crippen LogP contribution is -2.64. The molecule has 0 aromatic heterocycles. The molecule has 0 amide bonds. The molecular weight excluding hydrogens is 480 g/mol. The second-order valence-electron chi connectivity index (χ2n) is 9.76. The summed E-state index contributed by atoms with van der Waals surface area (Å²) in [5, 5.41) is 80.3. The molecule has 0 spiro atoms. The normalized spacial score (nSPS) is 38.2. The summed E-state index contributed by atoms with van der Waals surface area (Å²) in [7, 11) is 0. The lowest BCUT2D eigenvalue weighted by atomic mass is 9.98. The second kappa shape index (κ2) is 16.5. The van der Waals surface area contributed by atoms with Crippen molar-refractivity contribution in [2.75, 3.05) is 19.8 Å². The van der Waals surface area contributed by atoms with Gasteiger partial charge in [0.15, 0.2) is 12.6 Å². The molecule has 0 saturated carbocycles. The summed E-state index contributed by atoms with van der Waals surface area (Å²) >= 11 is 0. The van der Waals surface area contributed by atoms with E-state index in [1.165, 1.54) is 32.1 Å². The molecule has 2 rings (SSSR count). The zero-order valence-corrected chi connectivity index (χ0v) is 21.0. The average molecular weight is 527 g/mol. The summed E-state index contributed by atoms with van der Waals surface area (Å²) in [6.45, 7) is 0.792. The first-order chi connectivity index (χ1) is 17.2. The highest BCUT2D eigenvalue weighted by atomic mass is 16.8. The van der Waals surface area contributed by atoms with Crippen LogP contribution >= 0.6 is 0 Å². The third-order valence-electron chi connectivity index (χ3n) is 6.81. The van der Waals surface area contributed by atoms with Crippen LogP contribution in [0.2, 0.25) is 0 Å². The van der Waals surface area contributed by atoms with Gasteiger partial charge >= 0.3 is 0 Å². The smallest absolute Gasteiger partial charge is 0.189 e. The molecule has 0 radical (unpaired) electrons. The summed E-state index contributed by atoms with van der Waals surface area (Å²) < 4.78 is 21.7. The number of aliphatic hydroxyl groups excluding tert-OH is 8. The Morgan fingerprint density at radius 3 is 1.78 bits per heavy atom. The largest absolute Gasteiger partial charge is 0.394 e. The molecule has 2 saturated heterocycles. The molecule has 2 fully saturated rings. The summed E-state index contributed by atoms with van der Waals surface area (Å²) in [6.07, 6.45) is -6.14. The monoisotopic (exact) mass is 526 g/mol. The zero-order chi connectivity index (χ0) is 26.7. The first-order valence-electron chi connectivity index (χ1n) is 13.1. The van der Waals surface area contributed by atoms with E-state index in [0.29, 0.717) is 6.42 Å². The molecule has 12 heteroatoms. The topological polar surface area (TPSA) is 199 Å². The second-order valence-corrected chi connectivity index (χ2v) is 9.76. The van der Waals surface area contributed by atoms with Crippen molar-refractivity contribution in [3.8, 4) is 0 Å². The van der Waals surface area contributed by atoms with Crippen molar-refractivity contribution < 1.29 is 59.8 Å². The van der Waals surface area contributed by atoms with Crippen molar-refractivity contribution in [2.24, 2.45) is 0 Å². The summed E-state index contributed by atoms with van der Waals surface area (Å²) in [4.78, 5) is 0. The van der Waals surface area contributed by atoms with Crippen LogP contribution in [0.4, 0.5) is 0 Å². The van der Waals surface area contributed by atoms with Crippen molar-refractivity contribution in [1.82, 2.24) is 0 Å². The van der Waals surface area contributed by atoms with E-state index in [9.17, 15) is 40.9 Å². The van der Waals surface area contributed by atoms with Crippen LogP contribution in [0.1, 0.15) is 64.7 Å². The highest BCUT2D eigenvalue weighted by Gasteiger charge is 2.50. The van der Waals surface area contributed by atoms with Gasteiger partial charge in [-0.05, 0) is 6.42 Å². The molecule has 8 N–H and O–H groups in total. The van der Waals surface area contributed by atoms with Crippen LogP contribution in [0.25, 0.3) is 0 Å². The Balaban J connectivity index is 1.79. The van der Waals surface area contributed by atoms with Gasteiger partial charge in [-0.1, -0.05) is 58.3 Å². The number of aliphatic hydroxyl groups is 8. The van der Waals surface area contributed by atoms with E-state index in [2.05, 4.69) is 6.92 Å². The van der Waals surface area contributed by atoms with Crippen LogP contribution in [0.5, 0.6) is 0 Å². The zero-order valence-electron chi connectivity index (χ0n) is 21.0. The number of unbranched alkanes of at least 4 members (excludes halogenated alkanes) is 7. The summed E-state index contributed by atoms with van der Waals surface area (Å²) in [5.74, 6) is 0. The number of hydrogen-bond acceptors (Lipinski definition) is 12. The molecule has 0 aromatic carbocycles. The van der Waals surface area contributed by atoms with Crippen LogP contribution < -0.4 is 0 Å². The van der Waals surface area contributed by atoms with E-state index in [-0.39, 0.29) is 6.61 Å². The van der Waals surface area contributed by atoms with Crippen molar-refractivity contribution in [2.45, 2.75) is 132 Å². The minimum atomic E-state index is -1.73. The first-order valence-corrected chi connectivity index (χ1v) is 13.1. The maximum Gasteiger partial charge on any atom is 0.189 e. The van der Waals surface area contributed by atoms with Gasteiger partial charge in [0.05, 0.1) is 25.9 Å². The van der Waals surface area contributed by atoms with E-state index < -0.39 is 80.7 Å². The predicted molar refractivity (Wildman–Crippen MR) is 126 cm³/mol. The number of ether oxygens (including phenoxy) is 4. The molecule has 0 bridgehead atoms. The Kier molecular flexibility index (Phi) is 14.5. The van der Waals surface area contributed by atoms with Gasteiger partial charge in [-0.25, -0.2) is 0 Å². The van der Waals surface area contributed by atoms with Crippen LogP contribution in [-0.2, 0) is 18.9 Å². The van der Waals surface area contributed by atoms with Gasteiger partial charge in [0.25, 0.3) is 0 Å². The van der Waals surface area contributed by atoms with Crippen LogP contribution in [0, 0.1) is 0 Å². The Morgan fingerprint density at radius 1 is 0.667 bits per heavy atom. The Morgan fingerprint density at radius 2 is 1.19 bits per heavy atom. The molecule has 0 aliphatic carbocycles. The van der Waals surface area contributed by atoms with Gasteiger partial charge in [0.1, 0.15) is 48.8 Å². The van der Waals surface area contributed by atoms with E-state index in [1.807, 2.05) is 0 Å². The van der Waals surface area contributed by atoms with E-state index in [4.69, 9.17) is 18.9 Å². The van der Waals surface area contributed by atoms with Crippen molar-refractivity contribution >= 4 is 0 Å². The van der Waals surface area contributed by atoms with Gasteiger partial charge in [0.2, 0.25) is 0 Å². The fourth-order valence-corrected chi connectivity index (χ4v) is 4.50. The lowest BCUT2D eigenvalue weighted by Gasteiger charge is -2.45. The maximum absolute atomic E-state index is 10.6. The Hall–Kier alpha value is -0.480. The number of rotatable bonds is 16. The average Bonchev–Trinajstić information content (AvgIpc) is 2.87. The third kappa shape index (κ3) is 9.07. The van der Waals surface area contributed by atoms with E-state index in [1.54, 1.807) is 0 Å². The fourth-order valence-electron chi connectivity index (χ4n) is 4.50. The van der Waals surface area contributed by atoms with Crippen LogP contribution in [-0.4, -0.2) is 128 Å². The molecule has 214 valence electrons. The lowest BCUT2D eigenvalue weighted by molar-refractivity contribution is -0.378. The van der Waals surface area contributed by atoms with Gasteiger partial charge in [0, 0.05) is 0 Å². The highest BCUT2D eigenvalue weighted by molar-refractivity contribution is 4.93. The predicted octanol–water partition coefficient (Wildman–Crippen LogP) is -1.48. The third-order valence-corrected chi connectivity index (χ3v) is 6.81. The molecule has 2 aliphatic rings. The number of hydrogen-bond donors (Lipinski definition) is 8.